The maximum absolute atomic E-state index is 13.1. The predicted octanol–water partition coefficient (Wildman–Crippen LogP) is -0.522. The lowest BCUT2D eigenvalue weighted by molar-refractivity contribution is -0.143. The number of aliphatic carboxylic acids is 1. The Balaban J connectivity index is 1.96. The van der Waals surface area contributed by atoms with Gasteiger partial charge in [0.25, 0.3) is 0 Å². The maximum atomic E-state index is 13.1. The van der Waals surface area contributed by atoms with Crippen LogP contribution in [0.5, 0.6) is 0 Å². The van der Waals surface area contributed by atoms with Crippen molar-refractivity contribution in [2.45, 2.75) is 102 Å². The van der Waals surface area contributed by atoms with Gasteiger partial charge in [0.1, 0.15) is 24.2 Å². The van der Waals surface area contributed by atoms with Gasteiger partial charge in [-0.2, -0.15) is 0 Å². The van der Waals surface area contributed by atoms with E-state index in [0.29, 0.717) is 71.1 Å². The molecule has 0 saturated carbocycles. The van der Waals surface area contributed by atoms with Crippen molar-refractivity contribution in [1.82, 2.24) is 25.8 Å². The van der Waals surface area contributed by atoms with Crippen LogP contribution >= 0.6 is 0 Å². The molecule has 0 spiro atoms. The van der Waals surface area contributed by atoms with Crippen LogP contribution in [0.15, 0.2) is 0 Å². The normalized spacial score (nSPS) is 20.3. The molecule has 2 fully saturated rings. The second kappa shape index (κ2) is 16.0. The molecular formula is C26H44N6O7. The fourth-order valence-corrected chi connectivity index (χ4v) is 5.19. The van der Waals surface area contributed by atoms with Crippen molar-refractivity contribution < 1.29 is 33.9 Å². The lowest BCUT2D eigenvalue weighted by Gasteiger charge is -2.26. The molecule has 2 heterocycles. The molecule has 6 N–H and O–H groups in total. The molecule has 2 aliphatic heterocycles. The van der Waals surface area contributed by atoms with Gasteiger partial charge in [0.15, 0.2) is 0 Å². The molecule has 39 heavy (non-hydrogen) atoms. The van der Waals surface area contributed by atoms with Crippen molar-refractivity contribution in [3.63, 3.8) is 0 Å². The maximum Gasteiger partial charge on any atom is 0.326 e. The second-order valence-electron chi connectivity index (χ2n) is 10.3. The van der Waals surface area contributed by atoms with E-state index in [0.717, 1.165) is 6.42 Å². The summed E-state index contributed by atoms with van der Waals surface area (Å²) in [6.07, 6.45) is 5.13. The van der Waals surface area contributed by atoms with E-state index < -0.39 is 42.0 Å². The van der Waals surface area contributed by atoms with E-state index in [1.807, 2.05) is 0 Å². The van der Waals surface area contributed by atoms with Crippen molar-refractivity contribution in [1.29, 1.82) is 0 Å². The molecule has 0 aromatic heterocycles. The average molecular weight is 553 g/mol. The number of unbranched alkanes of at least 4 members (excludes halogenated alkanes) is 2. The van der Waals surface area contributed by atoms with Gasteiger partial charge in [-0.15, -0.1) is 0 Å². The van der Waals surface area contributed by atoms with Crippen LogP contribution in [0.3, 0.4) is 0 Å². The number of carbonyl (C=O) groups excluding carboxylic acids is 5. The molecule has 13 heteroatoms. The monoisotopic (exact) mass is 552 g/mol. The molecule has 220 valence electrons. The highest BCUT2D eigenvalue weighted by Gasteiger charge is 2.35. The number of carboxylic acids is 1. The number of carboxylic acid groups (broad SMARTS) is 1. The van der Waals surface area contributed by atoms with Crippen molar-refractivity contribution in [3.8, 4) is 0 Å². The van der Waals surface area contributed by atoms with Crippen LogP contribution in [0.4, 0.5) is 0 Å². The first-order chi connectivity index (χ1) is 18.6. The zero-order valence-corrected chi connectivity index (χ0v) is 23.1. The fourth-order valence-electron chi connectivity index (χ4n) is 5.19. The Morgan fingerprint density at radius 2 is 1.33 bits per heavy atom. The molecule has 2 saturated heterocycles. The summed E-state index contributed by atoms with van der Waals surface area (Å²) in [7, 11) is 0. The number of amides is 5. The van der Waals surface area contributed by atoms with Gasteiger partial charge < -0.3 is 36.6 Å². The van der Waals surface area contributed by atoms with Gasteiger partial charge in [0.2, 0.25) is 29.5 Å². The van der Waals surface area contributed by atoms with E-state index in [4.69, 9.17) is 5.73 Å². The Labute approximate surface area is 229 Å². The summed E-state index contributed by atoms with van der Waals surface area (Å²) in [5, 5.41) is 17.7. The Morgan fingerprint density at radius 3 is 1.87 bits per heavy atom. The number of likely N-dealkylation sites (tertiary alicyclic amines) is 2. The van der Waals surface area contributed by atoms with E-state index >= 15 is 0 Å². The summed E-state index contributed by atoms with van der Waals surface area (Å²) in [4.78, 5) is 77.0. The number of carbonyl (C=O) groups is 6. The van der Waals surface area contributed by atoms with E-state index in [2.05, 4.69) is 16.0 Å². The molecule has 0 bridgehead atoms. The molecule has 4 unspecified atom stereocenters. The van der Waals surface area contributed by atoms with Crippen LogP contribution in [0.1, 0.15) is 78.1 Å². The summed E-state index contributed by atoms with van der Waals surface area (Å²) in [6.45, 7) is 4.62. The molecule has 4 atom stereocenters. The first-order valence-corrected chi connectivity index (χ1v) is 13.9. The van der Waals surface area contributed by atoms with Crippen molar-refractivity contribution in [2.75, 3.05) is 26.2 Å². The second-order valence-corrected chi connectivity index (χ2v) is 10.3. The van der Waals surface area contributed by atoms with E-state index in [1.54, 1.807) is 4.90 Å². The smallest absolute Gasteiger partial charge is 0.326 e. The number of rotatable bonds is 15. The third-order valence-electron chi connectivity index (χ3n) is 7.33. The highest BCUT2D eigenvalue weighted by atomic mass is 16.4. The van der Waals surface area contributed by atoms with Gasteiger partial charge >= 0.3 is 5.97 Å². The van der Waals surface area contributed by atoms with Crippen molar-refractivity contribution in [2.24, 2.45) is 5.73 Å². The predicted molar refractivity (Wildman–Crippen MR) is 142 cm³/mol. The van der Waals surface area contributed by atoms with Crippen LogP contribution in [-0.2, 0) is 28.8 Å². The Bertz CT molecular complexity index is 898. The molecule has 2 rings (SSSR count). The quantitative estimate of drug-likeness (QED) is 0.168. The standard InChI is InChI=1S/C26H44N6O7/c1-17(33)31-15-7-11-21(31)24(36)28-14-6-4-9-19(23(35)30-20(26(38)39)10-3-5-13-27)29-25(37)22-12-8-16-32(22)18(2)34/h19-22H,3-16,27H2,1-2H3,(H,28,36)(H,29,37)(H,30,35)(H,38,39). The molecule has 2 aliphatic rings. The van der Waals surface area contributed by atoms with E-state index in [-0.39, 0.29) is 30.6 Å². The molecule has 13 nitrogen and oxygen atoms in total. The van der Waals surface area contributed by atoms with Gasteiger partial charge in [-0.25, -0.2) is 4.79 Å². The van der Waals surface area contributed by atoms with Gasteiger partial charge in [0, 0.05) is 33.5 Å². The van der Waals surface area contributed by atoms with Crippen LogP contribution in [0.2, 0.25) is 0 Å². The summed E-state index contributed by atoms with van der Waals surface area (Å²) in [6, 6.07) is -3.25. The van der Waals surface area contributed by atoms with Crippen LogP contribution in [0, 0.1) is 0 Å². The first kappa shape index (κ1) is 32.0. The molecule has 0 aromatic carbocycles. The zero-order valence-electron chi connectivity index (χ0n) is 23.1. The molecule has 0 aromatic rings. The summed E-state index contributed by atoms with van der Waals surface area (Å²) < 4.78 is 0. The Morgan fingerprint density at radius 1 is 0.795 bits per heavy atom. The van der Waals surface area contributed by atoms with Crippen LogP contribution in [-0.4, -0.2) is 101 Å². The average Bonchev–Trinajstić information content (AvgIpc) is 3.57. The van der Waals surface area contributed by atoms with E-state index in [9.17, 15) is 33.9 Å². The van der Waals surface area contributed by atoms with E-state index in [1.165, 1.54) is 18.7 Å². The third-order valence-corrected chi connectivity index (χ3v) is 7.33. The van der Waals surface area contributed by atoms with Crippen LogP contribution in [0.25, 0.3) is 0 Å². The minimum Gasteiger partial charge on any atom is -0.480 e. The summed E-state index contributed by atoms with van der Waals surface area (Å²) in [5.74, 6) is -2.79. The SMILES string of the molecule is CC(=O)N1CCCC1C(=O)NCCCCC(NC(=O)C1CCCN1C(C)=O)C(=O)NC(CCCCN)C(=O)O. The van der Waals surface area contributed by atoms with Gasteiger partial charge in [-0.3, -0.25) is 24.0 Å². The Hall–Kier alpha value is -3.22. The highest BCUT2D eigenvalue weighted by molar-refractivity contribution is 5.93. The third kappa shape index (κ3) is 9.79. The molecule has 5 amide bonds. The van der Waals surface area contributed by atoms with Gasteiger partial charge in [-0.1, -0.05) is 0 Å². The topological polar surface area (TPSA) is 191 Å². The summed E-state index contributed by atoms with van der Waals surface area (Å²) in [5.41, 5.74) is 5.49. The Kier molecular flexibility index (Phi) is 13.1. The molecule has 0 radical (unpaired) electrons. The number of nitrogens with one attached hydrogen (secondary N) is 3. The lowest BCUT2D eigenvalue weighted by atomic mass is 10.0. The minimum absolute atomic E-state index is 0.134. The minimum atomic E-state index is -1.17. The largest absolute Gasteiger partial charge is 0.480 e. The number of nitrogens with zero attached hydrogens (tertiary/aromatic N) is 2. The van der Waals surface area contributed by atoms with Crippen molar-refractivity contribution in [3.05, 3.63) is 0 Å². The first-order valence-electron chi connectivity index (χ1n) is 13.9. The lowest BCUT2D eigenvalue weighted by Crippen LogP contribution is -2.55. The zero-order chi connectivity index (χ0) is 28.9. The van der Waals surface area contributed by atoms with Crippen LogP contribution < -0.4 is 21.7 Å². The molecular weight excluding hydrogens is 508 g/mol. The van der Waals surface area contributed by atoms with Crippen molar-refractivity contribution >= 4 is 35.5 Å². The van der Waals surface area contributed by atoms with Gasteiger partial charge in [-0.05, 0) is 70.8 Å². The fraction of sp³-hybridized carbons (Fsp3) is 0.769. The number of hydrogen-bond donors (Lipinski definition) is 5. The molecule has 0 aliphatic carbocycles. The number of hydrogen-bond acceptors (Lipinski definition) is 7. The number of nitrogens with two attached hydrogens (primary N) is 1. The van der Waals surface area contributed by atoms with Gasteiger partial charge in [0.05, 0.1) is 0 Å². The highest BCUT2D eigenvalue weighted by Crippen LogP contribution is 2.19. The summed E-state index contributed by atoms with van der Waals surface area (Å²) >= 11 is 0.